The molecule has 1 N–H and O–H groups in total. The van der Waals surface area contributed by atoms with Gasteiger partial charge in [0, 0.05) is 29.1 Å². The molecule has 3 nitrogen and oxygen atoms in total. The molecule has 1 aliphatic carbocycles. The Hall–Kier alpha value is -2.75. The van der Waals surface area contributed by atoms with E-state index in [9.17, 15) is 9.18 Å². The largest absolute Gasteiger partial charge is 0.323 e. The quantitative estimate of drug-likeness (QED) is 0.776. The van der Waals surface area contributed by atoms with Crippen molar-refractivity contribution < 1.29 is 9.18 Å². The molecule has 0 radical (unpaired) electrons. The maximum Gasteiger partial charge on any atom is 0.228 e. The molecule has 1 heterocycles. The van der Waals surface area contributed by atoms with Crippen LogP contribution in [0.5, 0.6) is 0 Å². The van der Waals surface area contributed by atoms with E-state index in [-0.39, 0.29) is 23.4 Å². The monoisotopic (exact) mass is 320 g/mol. The van der Waals surface area contributed by atoms with Gasteiger partial charge in [-0.25, -0.2) is 4.39 Å². The number of pyridine rings is 1. The highest BCUT2D eigenvalue weighted by molar-refractivity contribution is 5.97. The van der Waals surface area contributed by atoms with E-state index >= 15 is 0 Å². The van der Waals surface area contributed by atoms with Crippen LogP contribution in [0.2, 0.25) is 0 Å². The summed E-state index contributed by atoms with van der Waals surface area (Å²) < 4.78 is 14.5. The summed E-state index contributed by atoms with van der Waals surface area (Å²) in [6.07, 6.45) is 3.97. The number of carbonyl (C=O) groups is 1. The molecular weight excluding hydrogens is 303 g/mol. The summed E-state index contributed by atoms with van der Waals surface area (Å²) in [5, 5.41) is 3.93. The predicted octanol–water partition coefficient (Wildman–Crippen LogP) is 4.42. The maximum absolute atomic E-state index is 14.5. The van der Waals surface area contributed by atoms with Crippen LogP contribution in [-0.4, -0.2) is 10.9 Å². The van der Waals surface area contributed by atoms with Gasteiger partial charge in [-0.3, -0.25) is 9.78 Å². The fourth-order valence-corrected chi connectivity index (χ4v) is 3.21. The van der Waals surface area contributed by atoms with Crippen LogP contribution in [-0.2, 0) is 4.79 Å². The number of aromatic nitrogens is 1. The molecule has 0 saturated heterocycles. The van der Waals surface area contributed by atoms with Gasteiger partial charge in [-0.05, 0) is 37.0 Å². The van der Waals surface area contributed by atoms with Crippen LogP contribution in [0.3, 0.4) is 0 Å². The van der Waals surface area contributed by atoms with Crippen LogP contribution in [0.15, 0.2) is 54.9 Å². The number of fused-ring (bicyclic) bond motifs is 1. The summed E-state index contributed by atoms with van der Waals surface area (Å²) in [7, 11) is 0. The number of aryl methyl sites for hydroxylation is 1. The Morgan fingerprint density at radius 1 is 1.25 bits per heavy atom. The Bertz CT molecular complexity index is 938. The summed E-state index contributed by atoms with van der Waals surface area (Å²) in [5.74, 6) is -0.373. The fraction of sp³-hybridized carbons (Fsp3) is 0.200. The number of anilines is 1. The lowest BCUT2D eigenvalue weighted by molar-refractivity contribution is -0.117. The van der Waals surface area contributed by atoms with Crippen LogP contribution >= 0.6 is 0 Å². The average Bonchev–Trinajstić information content (AvgIpc) is 3.38. The van der Waals surface area contributed by atoms with E-state index in [0.717, 1.165) is 11.8 Å². The molecule has 1 saturated carbocycles. The van der Waals surface area contributed by atoms with Crippen molar-refractivity contribution in [1.29, 1.82) is 0 Å². The number of halogens is 1. The molecule has 1 fully saturated rings. The number of rotatable bonds is 3. The molecule has 4 heteroatoms. The molecule has 24 heavy (non-hydrogen) atoms. The van der Waals surface area contributed by atoms with Crippen molar-refractivity contribution in [2.75, 3.05) is 5.32 Å². The van der Waals surface area contributed by atoms with Crippen molar-refractivity contribution in [3.05, 3.63) is 71.8 Å². The van der Waals surface area contributed by atoms with Gasteiger partial charge in [0.15, 0.2) is 5.82 Å². The van der Waals surface area contributed by atoms with E-state index in [1.54, 1.807) is 30.6 Å². The topological polar surface area (TPSA) is 42.0 Å². The number of nitrogens with zero attached hydrogens (tertiary/aromatic N) is 1. The summed E-state index contributed by atoms with van der Waals surface area (Å²) in [5.41, 5.74) is 2.60. The summed E-state index contributed by atoms with van der Waals surface area (Å²) >= 11 is 0. The molecule has 0 spiro atoms. The highest BCUT2D eigenvalue weighted by atomic mass is 19.1. The maximum atomic E-state index is 14.5. The first-order valence-corrected chi connectivity index (χ1v) is 8.03. The second kappa shape index (κ2) is 5.71. The molecule has 1 aliphatic rings. The molecular formula is C20H17FN2O. The normalized spacial score (nSPS) is 19.2. The third-order valence-electron chi connectivity index (χ3n) is 4.61. The number of hydrogen-bond donors (Lipinski definition) is 1. The van der Waals surface area contributed by atoms with Gasteiger partial charge in [0.25, 0.3) is 0 Å². The molecule has 3 aromatic rings. The Kier molecular flexibility index (Phi) is 3.53. The molecule has 120 valence electrons. The first-order valence-electron chi connectivity index (χ1n) is 8.03. The predicted molar refractivity (Wildman–Crippen MR) is 92.4 cm³/mol. The highest BCUT2D eigenvalue weighted by Gasteiger charge is 2.44. The van der Waals surface area contributed by atoms with Gasteiger partial charge in [-0.1, -0.05) is 35.9 Å². The number of benzene rings is 2. The Morgan fingerprint density at radius 2 is 2.12 bits per heavy atom. The Labute approximate surface area is 139 Å². The number of carbonyl (C=O) groups excluding carboxylic acids is 1. The van der Waals surface area contributed by atoms with Crippen molar-refractivity contribution in [3.8, 4) is 0 Å². The molecule has 0 aliphatic heterocycles. The zero-order chi connectivity index (χ0) is 16.7. The molecule has 1 aromatic heterocycles. The summed E-state index contributed by atoms with van der Waals surface area (Å²) in [6.45, 7) is 2.04. The molecule has 2 unspecified atom stereocenters. The van der Waals surface area contributed by atoms with Crippen molar-refractivity contribution in [2.45, 2.75) is 19.3 Å². The van der Waals surface area contributed by atoms with Crippen LogP contribution < -0.4 is 5.32 Å². The lowest BCUT2D eigenvalue weighted by atomic mass is 10.1. The second-order valence-corrected chi connectivity index (χ2v) is 6.38. The van der Waals surface area contributed by atoms with Gasteiger partial charge in [-0.15, -0.1) is 0 Å². The number of amides is 1. The van der Waals surface area contributed by atoms with Gasteiger partial charge in [0.05, 0.1) is 5.69 Å². The molecule has 2 atom stereocenters. The van der Waals surface area contributed by atoms with Gasteiger partial charge >= 0.3 is 0 Å². The van der Waals surface area contributed by atoms with Gasteiger partial charge in [0.1, 0.15) is 0 Å². The zero-order valence-corrected chi connectivity index (χ0v) is 13.3. The van der Waals surface area contributed by atoms with Gasteiger partial charge in [0.2, 0.25) is 5.91 Å². The van der Waals surface area contributed by atoms with E-state index < -0.39 is 5.82 Å². The van der Waals surface area contributed by atoms with E-state index in [4.69, 9.17) is 0 Å². The number of nitrogens with one attached hydrogen (secondary N) is 1. The van der Waals surface area contributed by atoms with Crippen molar-refractivity contribution in [2.24, 2.45) is 5.92 Å². The zero-order valence-electron chi connectivity index (χ0n) is 13.3. The van der Waals surface area contributed by atoms with Gasteiger partial charge in [-0.2, -0.15) is 0 Å². The lowest BCUT2D eigenvalue weighted by Crippen LogP contribution is -2.15. The minimum Gasteiger partial charge on any atom is -0.323 e. The fourth-order valence-electron chi connectivity index (χ4n) is 3.21. The van der Waals surface area contributed by atoms with Crippen LogP contribution in [0, 0.1) is 18.7 Å². The van der Waals surface area contributed by atoms with Crippen LogP contribution in [0.4, 0.5) is 10.1 Å². The standard InChI is InChI=1S/C20H17FN2O/c1-12-3-2-4-13(9-12)16-10-17(16)20(24)23-18-6-5-14-11-22-8-7-15(14)19(18)21/h2-9,11,16-17H,10H2,1H3,(H,23,24). The molecule has 4 rings (SSSR count). The minimum atomic E-state index is -0.406. The summed E-state index contributed by atoms with van der Waals surface area (Å²) in [6, 6.07) is 13.2. The molecule has 0 bridgehead atoms. The first kappa shape index (κ1) is 14.8. The van der Waals surface area contributed by atoms with E-state index in [0.29, 0.717) is 5.39 Å². The number of hydrogen-bond acceptors (Lipinski definition) is 2. The van der Waals surface area contributed by atoms with Crippen molar-refractivity contribution in [3.63, 3.8) is 0 Å². The van der Waals surface area contributed by atoms with E-state index in [1.165, 1.54) is 11.1 Å². The Balaban J connectivity index is 1.52. The van der Waals surface area contributed by atoms with E-state index in [1.807, 2.05) is 19.1 Å². The first-order chi connectivity index (χ1) is 11.6. The molecule has 2 aromatic carbocycles. The lowest BCUT2D eigenvalue weighted by Gasteiger charge is -2.08. The smallest absolute Gasteiger partial charge is 0.228 e. The minimum absolute atomic E-state index is 0.0839. The molecule has 1 amide bonds. The van der Waals surface area contributed by atoms with Gasteiger partial charge < -0.3 is 5.32 Å². The second-order valence-electron chi connectivity index (χ2n) is 6.38. The Morgan fingerprint density at radius 3 is 2.96 bits per heavy atom. The third-order valence-corrected chi connectivity index (χ3v) is 4.61. The van der Waals surface area contributed by atoms with Crippen LogP contribution in [0.1, 0.15) is 23.5 Å². The van der Waals surface area contributed by atoms with Crippen molar-refractivity contribution in [1.82, 2.24) is 4.98 Å². The summed E-state index contributed by atoms with van der Waals surface area (Å²) in [4.78, 5) is 16.4. The average molecular weight is 320 g/mol. The van der Waals surface area contributed by atoms with Crippen LogP contribution in [0.25, 0.3) is 10.8 Å². The van der Waals surface area contributed by atoms with Crippen molar-refractivity contribution >= 4 is 22.4 Å². The SMILES string of the molecule is Cc1cccc(C2CC2C(=O)Nc2ccc3cnccc3c2F)c1. The third kappa shape index (κ3) is 2.64. The van der Waals surface area contributed by atoms with E-state index in [2.05, 4.69) is 22.4 Å². The highest BCUT2D eigenvalue weighted by Crippen LogP contribution is 2.48.